The molecule has 1 saturated heterocycles. The molecule has 2 aromatic rings. The summed E-state index contributed by atoms with van der Waals surface area (Å²) in [5.74, 6) is 1.19. The number of methoxy groups -OCH3 is 2. The van der Waals surface area contributed by atoms with Crippen LogP contribution in [0.25, 0.3) is 6.08 Å². The molecule has 1 aliphatic rings. The summed E-state index contributed by atoms with van der Waals surface area (Å²) in [7, 11) is 3.20. The van der Waals surface area contributed by atoms with Crippen molar-refractivity contribution in [3.05, 3.63) is 58.0 Å². The largest absolute Gasteiger partial charge is 0.497 e. The number of carbonyl (C=O) groups excluding carboxylic acids is 1. The smallest absolute Gasteiger partial charge is 0.264 e. The number of nitrogens with zero attached hydrogens (tertiary/aromatic N) is 1. The second-order valence-corrected chi connectivity index (χ2v) is 6.91. The molecule has 0 atom stereocenters. The van der Waals surface area contributed by atoms with Gasteiger partial charge in [0.25, 0.3) is 5.91 Å². The van der Waals surface area contributed by atoms with Crippen LogP contribution in [0.2, 0.25) is 0 Å². The molecule has 0 aliphatic carbocycles. The molecule has 1 aliphatic heterocycles. The van der Waals surface area contributed by atoms with Gasteiger partial charge in [-0.15, -0.1) is 0 Å². The Bertz CT molecular complexity index is 919. The predicted molar refractivity (Wildman–Crippen MR) is 106 cm³/mol. The number of amides is 1. The highest BCUT2D eigenvalue weighted by atomic mass is 32.2. The van der Waals surface area contributed by atoms with Gasteiger partial charge in [0.2, 0.25) is 0 Å². The summed E-state index contributed by atoms with van der Waals surface area (Å²) in [6.45, 7) is 4.05. The molecular weight excluding hydrogens is 348 g/mol. The molecule has 5 nitrogen and oxygen atoms in total. The first-order chi connectivity index (χ1) is 12.5. The van der Waals surface area contributed by atoms with Gasteiger partial charge in [-0.2, -0.15) is 0 Å². The van der Waals surface area contributed by atoms with Crippen LogP contribution in [-0.2, 0) is 4.79 Å². The molecule has 1 amide bonds. The first-order valence-corrected chi connectivity index (χ1v) is 8.90. The number of aryl methyl sites for hydroxylation is 2. The highest BCUT2D eigenvalue weighted by Gasteiger charge is 2.24. The van der Waals surface area contributed by atoms with Crippen molar-refractivity contribution < 1.29 is 14.3 Å². The van der Waals surface area contributed by atoms with Crippen molar-refractivity contribution in [1.82, 2.24) is 5.32 Å². The van der Waals surface area contributed by atoms with E-state index in [0.717, 1.165) is 16.8 Å². The van der Waals surface area contributed by atoms with Crippen LogP contribution >= 0.6 is 11.8 Å². The lowest BCUT2D eigenvalue weighted by Crippen LogP contribution is -2.19. The molecular formula is C20H20N2O3S. The molecule has 0 aromatic heterocycles. The minimum Gasteiger partial charge on any atom is -0.497 e. The van der Waals surface area contributed by atoms with Crippen LogP contribution < -0.4 is 14.8 Å². The predicted octanol–water partition coefficient (Wildman–Crippen LogP) is 4.21. The Hall–Kier alpha value is -2.73. The monoisotopic (exact) mass is 368 g/mol. The van der Waals surface area contributed by atoms with Crippen molar-refractivity contribution in [2.45, 2.75) is 13.8 Å². The van der Waals surface area contributed by atoms with Crippen LogP contribution in [0, 0.1) is 13.8 Å². The van der Waals surface area contributed by atoms with E-state index in [9.17, 15) is 4.79 Å². The van der Waals surface area contributed by atoms with Gasteiger partial charge in [-0.25, -0.2) is 4.99 Å². The standard InChI is InChI=1S/C20H20N2O3S/c1-12-5-7-16(13(2)9-12)21-20-22-19(23)18(26-20)11-14-10-15(24-3)6-8-17(14)25-4/h5-11H,1-4H3,(H,21,22,23)/b18-11-. The van der Waals surface area contributed by atoms with E-state index in [1.165, 1.54) is 17.3 Å². The topological polar surface area (TPSA) is 59.9 Å². The number of ether oxygens (including phenoxy) is 2. The zero-order valence-electron chi connectivity index (χ0n) is 15.1. The second-order valence-electron chi connectivity index (χ2n) is 5.88. The number of hydrogen-bond donors (Lipinski definition) is 1. The molecule has 1 fully saturated rings. The van der Waals surface area contributed by atoms with Gasteiger partial charge >= 0.3 is 0 Å². The molecule has 0 bridgehead atoms. The number of nitrogens with one attached hydrogen (secondary N) is 1. The van der Waals surface area contributed by atoms with Gasteiger partial charge < -0.3 is 14.8 Å². The fraction of sp³-hybridized carbons (Fsp3) is 0.200. The average molecular weight is 368 g/mol. The minimum atomic E-state index is -0.177. The summed E-state index contributed by atoms with van der Waals surface area (Å²) in [5, 5.41) is 3.38. The van der Waals surface area contributed by atoms with Crippen molar-refractivity contribution in [3.8, 4) is 11.5 Å². The third-order valence-electron chi connectivity index (χ3n) is 3.95. The highest BCUT2D eigenvalue weighted by molar-refractivity contribution is 8.18. The average Bonchev–Trinajstić information content (AvgIpc) is 2.96. The van der Waals surface area contributed by atoms with E-state index in [1.807, 2.05) is 44.2 Å². The van der Waals surface area contributed by atoms with Crippen LogP contribution in [0.3, 0.4) is 0 Å². The van der Waals surface area contributed by atoms with Gasteiger partial charge in [-0.3, -0.25) is 4.79 Å². The minimum absolute atomic E-state index is 0.177. The van der Waals surface area contributed by atoms with E-state index >= 15 is 0 Å². The van der Waals surface area contributed by atoms with E-state index < -0.39 is 0 Å². The molecule has 2 aromatic carbocycles. The number of rotatable bonds is 4. The van der Waals surface area contributed by atoms with E-state index in [2.05, 4.69) is 16.4 Å². The summed E-state index contributed by atoms with van der Waals surface area (Å²) < 4.78 is 10.6. The molecule has 0 unspecified atom stereocenters. The van der Waals surface area contributed by atoms with Crippen molar-refractivity contribution in [2.24, 2.45) is 4.99 Å². The van der Waals surface area contributed by atoms with Crippen LogP contribution in [-0.4, -0.2) is 25.3 Å². The van der Waals surface area contributed by atoms with Crippen molar-refractivity contribution >= 4 is 34.6 Å². The summed E-state index contributed by atoms with van der Waals surface area (Å²) in [5.41, 5.74) is 3.87. The van der Waals surface area contributed by atoms with Gasteiger partial charge in [-0.1, -0.05) is 17.7 Å². The van der Waals surface area contributed by atoms with Crippen LogP contribution in [0.5, 0.6) is 11.5 Å². The zero-order chi connectivity index (χ0) is 18.7. The third-order valence-corrected chi connectivity index (χ3v) is 4.86. The zero-order valence-corrected chi connectivity index (χ0v) is 15.9. The Balaban J connectivity index is 1.90. The van der Waals surface area contributed by atoms with E-state index in [1.54, 1.807) is 20.3 Å². The molecule has 6 heteroatoms. The lowest BCUT2D eigenvalue weighted by Gasteiger charge is -2.07. The SMILES string of the molecule is COc1ccc(OC)c(/C=C2\SC(=Nc3ccc(C)cc3C)NC2=O)c1. The van der Waals surface area contributed by atoms with Crippen LogP contribution in [0.1, 0.15) is 16.7 Å². The first-order valence-electron chi connectivity index (χ1n) is 8.09. The highest BCUT2D eigenvalue weighted by Crippen LogP contribution is 2.32. The summed E-state index contributed by atoms with van der Waals surface area (Å²) in [6, 6.07) is 11.5. The molecule has 1 heterocycles. The molecule has 0 radical (unpaired) electrons. The Kier molecular flexibility index (Phi) is 5.32. The summed E-state index contributed by atoms with van der Waals surface area (Å²) >= 11 is 1.31. The van der Waals surface area contributed by atoms with E-state index in [-0.39, 0.29) is 5.91 Å². The lowest BCUT2D eigenvalue weighted by atomic mass is 10.1. The summed E-state index contributed by atoms with van der Waals surface area (Å²) in [4.78, 5) is 17.4. The molecule has 134 valence electrons. The number of aliphatic imine (C=N–C) groups is 1. The van der Waals surface area contributed by atoms with Gasteiger partial charge in [0.1, 0.15) is 11.5 Å². The van der Waals surface area contributed by atoms with Gasteiger partial charge in [-0.05, 0) is 61.5 Å². The number of carbonyl (C=O) groups is 1. The maximum Gasteiger partial charge on any atom is 0.264 e. The van der Waals surface area contributed by atoms with Gasteiger partial charge in [0, 0.05) is 5.56 Å². The van der Waals surface area contributed by atoms with E-state index in [4.69, 9.17) is 9.47 Å². The van der Waals surface area contributed by atoms with Crippen LogP contribution in [0.15, 0.2) is 46.3 Å². The second kappa shape index (κ2) is 7.66. The number of thioether (sulfide) groups is 1. The number of hydrogen-bond acceptors (Lipinski definition) is 5. The molecule has 0 saturated carbocycles. The fourth-order valence-electron chi connectivity index (χ4n) is 2.61. The molecule has 1 N–H and O–H groups in total. The Morgan fingerprint density at radius 2 is 1.88 bits per heavy atom. The van der Waals surface area contributed by atoms with Crippen LogP contribution in [0.4, 0.5) is 5.69 Å². The van der Waals surface area contributed by atoms with Crippen molar-refractivity contribution in [1.29, 1.82) is 0 Å². The van der Waals surface area contributed by atoms with Crippen molar-refractivity contribution in [3.63, 3.8) is 0 Å². The quantitative estimate of drug-likeness (QED) is 0.821. The maximum absolute atomic E-state index is 12.3. The number of amidine groups is 1. The van der Waals surface area contributed by atoms with E-state index in [0.29, 0.717) is 21.6 Å². The molecule has 3 rings (SSSR count). The third kappa shape index (κ3) is 3.91. The normalized spacial score (nSPS) is 16.8. The Morgan fingerprint density at radius 1 is 1.08 bits per heavy atom. The molecule has 26 heavy (non-hydrogen) atoms. The Morgan fingerprint density at radius 3 is 2.58 bits per heavy atom. The molecule has 0 spiro atoms. The van der Waals surface area contributed by atoms with Gasteiger partial charge in [0.05, 0.1) is 24.8 Å². The number of benzene rings is 2. The fourth-order valence-corrected chi connectivity index (χ4v) is 3.44. The lowest BCUT2D eigenvalue weighted by molar-refractivity contribution is -0.115. The van der Waals surface area contributed by atoms with Crippen molar-refractivity contribution in [2.75, 3.05) is 14.2 Å². The maximum atomic E-state index is 12.3. The first kappa shape index (κ1) is 18.1. The van der Waals surface area contributed by atoms with Gasteiger partial charge in [0.15, 0.2) is 5.17 Å². The summed E-state index contributed by atoms with van der Waals surface area (Å²) in [6.07, 6.45) is 1.78. The Labute approximate surface area is 157 Å².